The maximum absolute atomic E-state index is 12.9. The number of hydrogen-bond donors (Lipinski definition) is 0. The third-order valence-corrected chi connectivity index (χ3v) is 8.31. The van der Waals surface area contributed by atoms with E-state index in [1.807, 2.05) is 24.3 Å². The number of pyridine rings is 2. The van der Waals surface area contributed by atoms with E-state index in [9.17, 15) is 8.78 Å². The lowest BCUT2D eigenvalue weighted by Crippen LogP contribution is -1.92. The Hall–Kier alpha value is -3.80. The first-order valence-electron chi connectivity index (χ1n) is 18.3. The number of unbranched alkanes of at least 4 members (excludes halogenated alkanes) is 14. The quantitative estimate of drug-likeness (QED) is 0.0623. The Morgan fingerprint density at radius 3 is 1.35 bits per heavy atom. The highest BCUT2D eigenvalue weighted by atomic mass is 19.1. The predicted octanol–water partition coefficient (Wildman–Crippen LogP) is 13.4. The molecule has 2 aromatic carbocycles. The van der Waals surface area contributed by atoms with E-state index in [1.54, 1.807) is 24.4 Å². The van der Waals surface area contributed by atoms with Crippen molar-refractivity contribution >= 4 is 0 Å². The van der Waals surface area contributed by atoms with Crippen molar-refractivity contribution in [3.8, 4) is 23.0 Å². The number of rotatable bonds is 22. The summed E-state index contributed by atoms with van der Waals surface area (Å²) in [4.78, 5) is 8.03. The van der Waals surface area contributed by atoms with Gasteiger partial charge in [-0.25, -0.2) is 9.37 Å². The first-order valence-corrected chi connectivity index (χ1v) is 18.3. The molecule has 260 valence electrons. The average Bonchev–Trinajstić information content (AvgIpc) is 3.11. The van der Waals surface area contributed by atoms with Gasteiger partial charge in [0.2, 0.25) is 5.95 Å². The molecular formula is C42H56F2N2O2. The Balaban J connectivity index is 0.000000260. The van der Waals surface area contributed by atoms with Gasteiger partial charge in [0.1, 0.15) is 28.8 Å². The van der Waals surface area contributed by atoms with Gasteiger partial charge in [-0.05, 0) is 91.9 Å². The van der Waals surface area contributed by atoms with Crippen LogP contribution in [-0.2, 0) is 12.8 Å². The predicted molar refractivity (Wildman–Crippen MR) is 194 cm³/mol. The van der Waals surface area contributed by atoms with Gasteiger partial charge in [-0.3, -0.25) is 4.98 Å². The Labute approximate surface area is 288 Å². The van der Waals surface area contributed by atoms with Crippen LogP contribution in [0.25, 0.3) is 0 Å². The zero-order valence-corrected chi connectivity index (χ0v) is 29.3. The summed E-state index contributed by atoms with van der Waals surface area (Å²) in [6.45, 7) is 4.51. The van der Waals surface area contributed by atoms with E-state index in [4.69, 9.17) is 9.47 Å². The first-order chi connectivity index (χ1) is 23.6. The summed E-state index contributed by atoms with van der Waals surface area (Å²) in [7, 11) is 0. The fraction of sp³-hybridized carbons (Fsp3) is 0.476. The van der Waals surface area contributed by atoms with Gasteiger partial charge in [0.05, 0.1) is 12.4 Å². The van der Waals surface area contributed by atoms with Crippen molar-refractivity contribution in [3.05, 3.63) is 108 Å². The third kappa shape index (κ3) is 17.4. The Kier molecular flexibility index (Phi) is 19.6. The fourth-order valence-corrected chi connectivity index (χ4v) is 5.44. The monoisotopic (exact) mass is 658 g/mol. The molecule has 2 aromatic heterocycles. The number of aromatic nitrogens is 2. The molecule has 0 aliphatic rings. The molecular weight excluding hydrogens is 602 g/mol. The zero-order valence-electron chi connectivity index (χ0n) is 29.3. The van der Waals surface area contributed by atoms with E-state index in [1.165, 1.54) is 133 Å². The van der Waals surface area contributed by atoms with E-state index in [0.29, 0.717) is 17.2 Å². The van der Waals surface area contributed by atoms with Crippen LogP contribution in [0, 0.1) is 11.8 Å². The summed E-state index contributed by atoms with van der Waals surface area (Å²) in [6, 6.07) is 21.0. The minimum absolute atomic E-state index is 0.263. The standard InChI is InChI=1S/2C21H28FNO/c1-2-3-4-5-6-7-8-9-10-19-13-16-21(17-23-19)24-20-14-11-18(22)12-15-20;1-2-3-4-5-6-7-8-9-10-18-11-13-19(14-12-18)24-20-15-16-21(22)23-17-20/h2*11-17H,2-10H2,1H3. The molecule has 0 saturated carbocycles. The molecule has 4 rings (SSSR count). The zero-order chi connectivity index (χ0) is 34.1. The second-order valence-corrected chi connectivity index (χ2v) is 12.6. The normalized spacial score (nSPS) is 10.8. The molecule has 0 N–H and O–H groups in total. The van der Waals surface area contributed by atoms with E-state index in [-0.39, 0.29) is 5.82 Å². The summed E-state index contributed by atoms with van der Waals surface area (Å²) in [5.41, 5.74) is 2.44. The Morgan fingerprint density at radius 2 is 0.875 bits per heavy atom. The van der Waals surface area contributed by atoms with Crippen LogP contribution in [0.1, 0.15) is 128 Å². The smallest absolute Gasteiger partial charge is 0.213 e. The lowest BCUT2D eigenvalue weighted by molar-refractivity contribution is 0.474. The SMILES string of the molecule is CCCCCCCCCCc1ccc(Oc2ccc(F)cc2)cn1.CCCCCCCCCCc1ccc(Oc2ccc(F)nc2)cc1. The van der Waals surface area contributed by atoms with Crippen LogP contribution in [0.15, 0.2) is 85.2 Å². The second kappa shape index (κ2) is 24.4. The van der Waals surface area contributed by atoms with Crippen LogP contribution in [0.2, 0.25) is 0 Å². The molecule has 48 heavy (non-hydrogen) atoms. The van der Waals surface area contributed by atoms with Crippen LogP contribution in [0.3, 0.4) is 0 Å². The van der Waals surface area contributed by atoms with Crippen LogP contribution in [0.4, 0.5) is 8.78 Å². The van der Waals surface area contributed by atoms with Crippen LogP contribution >= 0.6 is 0 Å². The van der Waals surface area contributed by atoms with E-state index in [2.05, 4.69) is 35.9 Å². The van der Waals surface area contributed by atoms with Crippen LogP contribution in [0.5, 0.6) is 23.0 Å². The molecule has 4 aromatic rings. The largest absolute Gasteiger partial charge is 0.456 e. The van der Waals surface area contributed by atoms with Gasteiger partial charge in [0.15, 0.2) is 0 Å². The van der Waals surface area contributed by atoms with Gasteiger partial charge >= 0.3 is 0 Å². The molecule has 0 fully saturated rings. The highest BCUT2D eigenvalue weighted by molar-refractivity contribution is 5.32. The van der Waals surface area contributed by atoms with E-state index in [0.717, 1.165) is 24.3 Å². The molecule has 0 aliphatic heterocycles. The second-order valence-electron chi connectivity index (χ2n) is 12.6. The number of hydrogen-bond acceptors (Lipinski definition) is 4. The van der Waals surface area contributed by atoms with Gasteiger partial charge < -0.3 is 9.47 Å². The van der Waals surface area contributed by atoms with Gasteiger partial charge in [0, 0.05) is 5.69 Å². The average molecular weight is 659 g/mol. The van der Waals surface area contributed by atoms with Crippen molar-refractivity contribution < 1.29 is 18.3 Å². The minimum atomic E-state index is -0.497. The highest BCUT2D eigenvalue weighted by Crippen LogP contribution is 2.23. The van der Waals surface area contributed by atoms with Crippen molar-refractivity contribution in [2.75, 3.05) is 0 Å². The van der Waals surface area contributed by atoms with Crippen LogP contribution < -0.4 is 9.47 Å². The number of aryl methyl sites for hydroxylation is 2. The fourth-order valence-electron chi connectivity index (χ4n) is 5.44. The van der Waals surface area contributed by atoms with Crippen molar-refractivity contribution in [3.63, 3.8) is 0 Å². The van der Waals surface area contributed by atoms with Crippen molar-refractivity contribution in [1.82, 2.24) is 9.97 Å². The topological polar surface area (TPSA) is 44.2 Å². The number of nitrogens with zero attached hydrogens (tertiary/aromatic N) is 2. The van der Waals surface area contributed by atoms with Gasteiger partial charge in [0.25, 0.3) is 0 Å². The van der Waals surface area contributed by atoms with E-state index < -0.39 is 5.95 Å². The molecule has 0 amide bonds. The molecule has 0 bridgehead atoms. The number of benzene rings is 2. The van der Waals surface area contributed by atoms with Gasteiger partial charge in [-0.15, -0.1) is 0 Å². The minimum Gasteiger partial charge on any atom is -0.456 e. The summed E-state index contributed by atoms with van der Waals surface area (Å²) < 4.78 is 36.9. The van der Waals surface area contributed by atoms with Crippen molar-refractivity contribution in [2.24, 2.45) is 0 Å². The van der Waals surface area contributed by atoms with Gasteiger partial charge in [-0.1, -0.05) is 116 Å². The molecule has 0 saturated heterocycles. The summed E-state index contributed by atoms with van der Waals surface area (Å²) in [5, 5.41) is 0. The third-order valence-electron chi connectivity index (χ3n) is 8.31. The molecule has 0 spiro atoms. The maximum Gasteiger partial charge on any atom is 0.213 e. The number of ether oxygens (including phenoxy) is 2. The van der Waals surface area contributed by atoms with Crippen LogP contribution in [-0.4, -0.2) is 9.97 Å². The number of halogens is 2. The van der Waals surface area contributed by atoms with Crippen molar-refractivity contribution in [1.29, 1.82) is 0 Å². The summed E-state index contributed by atoms with van der Waals surface area (Å²) >= 11 is 0. The molecule has 0 atom stereocenters. The lowest BCUT2D eigenvalue weighted by atomic mass is 10.0. The molecule has 6 heteroatoms. The highest BCUT2D eigenvalue weighted by Gasteiger charge is 2.02. The Morgan fingerprint density at radius 1 is 0.438 bits per heavy atom. The van der Waals surface area contributed by atoms with E-state index >= 15 is 0 Å². The molecule has 2 heterocycles. The molecule has 0 radical (unpaired) electrons. The Bertz CT molecular complexity index is 1240. The first kappa shape index (κ1) is 38.6. The molecule has 0 aliphatic carbocycles. The molecule has 4 nitrogen and oxygen atoms in total. The summed E-state index contributed by atoms with van der Waals surface area (Å²) in [6.07, 6.45) is 26.6. The van der Waals surface area contributed by atoms with Crippen molar-refractivity contribution in [2.45, 2.75) is 129 Å². The molecule has 0 unspecified atom stereocenters. The van der Waals surface area contributed by atoms with Gasteiger partial charge in [-0.2, -0.15) is 4.39 Å². The maximum atomic E-state index is 12.9. The lowest BCUT2D eigenvalue weighted by Gasteiger charge is -2.07. The summed E-state index contributed by atoms with van der Waals surface area (Å²) in [5.74, 6) is 1.84.